The van der Waals surface area contributed by atoms with E-state index in [1.165, 1.54) is 12.0 Å². The van der Waals surface area contributed by atoms with Gasteiger partial charge in [-0.15, -0.1) is 0 Å². The van der Waals surface area contributed by atoms with Gasteiger partial charge in [-0.1, -0.05) is 42.7 Å². The quantitative estimate of drug-likeness (QED) is 0.887. The van der Waals surface area contributed by atoms with Crippen LogP contribution in [-0.4, -0.2) is 30.6 Å². The molecule has 0 aliphatic heterocycles. The average Bonchev–Trinajstić information content (AvgIpc) is 2.32. The highest BCUT2D eigenvalue weighted by Gasteiger charge is 2.40. The second-order valence-electron chi connectivity index (χ2n) is 6.00. The Bertz CT molecular complexity index is 402. The van der Waals surface area contributed by atoms with Gasteiger partial charge in [0.05, 0.1) is 5.60 Å². The molecule has 1 aromatic carbocycles. The molecular weight excluding hydrogens is 222 g/mol. The highest BCUT2D eigenvalue weighted by Crippen LogP contribution is 2.42. The van der Waals surface area contributed by atoms with Gasteiger partial charge in [0, 0.05) is 12.5 Å². The van der Waals surface area contributed by atoms with E-state index in [4.69, 9.17) is 0 Å². The van der Waals surface area contributed by atoms with Gasteiger partial charge in [-0.05, 0) is 39.4 Å². The van der Waals surface area contributed by atoms with E-state index >= 15 is 0 Å². The number of hydrogen-bond donors (Lipinski definition) is 1. The molecule has 2 rings (SSSR count). The van der Waals surface area contributed by atoms with Crippen molar-refractivity contribution in [1.82, 2.24) is 4.90 Å². The van der Waals surface area contributed by atoms with Crippen molar-refractivity contribution in [2.75, 3.05) is 20.6 Å². The molecule has 1 N–H and O–H groups in total. The molecule has 100 valence electrons. The van der Waals surface area contributed by atoms with Crippen LogP contribution in [0.4, 0.5) is 0 Å². The van der Waals surface area contributed by atoms with Crippen LogP contribution in [0.5, 0.6) is 0 Å². The SMILES string of the molecule is Cc1cccc([C@@]2(O)CCCC[C@@H]2CN(C)C)c1. The lowest BCUT2D eigenvalue weighted by Crippen LogP contribution is -2.43. The summed E-state index contributed by atoms with van der Waals surface area (Å²) in [6.45, 7) is 3.06. The van der Waals surface area contributed by atoms with Crippen molar-refractivity contribution in [3.05, 3.63) is 35.4 Å². The van der Waals surface area contributed by atoms with Gasteiger partial charge in [-0.2, -0.15) is 0 Å². The van der Waals surface area contributed by atoms with Crippen LogP contribution >= 0.6 is 0 Å². The van der Waals surface area contributed by atoms with Crippen molar-refractivity contribution in [2.45, 2.75) is 38.2 Å². The topological polar surface area (TPSA) is 23.5 Å². The second-order valence-corrected chi connectivity index (χ2v) is 6.00. The summed E-state index contributed by atoms with van der Waals surface area (Å²) < 4.78 is 0. The van der Waals surface area contributed by atoms with E-state index in [0.717, 1.165) is 31.4 Å². The summed E-state index contributed by atoms with van der Waals surface area (Å²) in [5.41, 5.74) is 1.71. The van der Waals surface area contributed by atoms with Gasteiger partial charge in [-0.25, -0.2) is 0 Å². The first kappa shape index (κ1) is 13.6. The zero-order valence-electron chi connectivity index (χ0n) is 11.8. The number of benzene rings is 1. The number of aliphatic hydroxyl groups is 1. The number of hydrogen-bond acceptors (Lipinski definition) is 2. The molecule has 0 radical (unpaired) electrons. The van der Waals surface area contributed by atoms with Gasteiger partial charge in [0.15, 0.2) is 0 Å². The Morgan fingerprint density at radius 3 is 2.78 bits per heavy atom. The first-order chi connectivity index (χ1) is 8.52. The first-order valence-electron chi connectivity index (χ1n) is 6.96. The lowest BCUT2D eigenvalue weighted by Gasteiger charge is -2.41. The lowest BCUT2D eigenvalue weighted by molar-refractivity contribution is -0.0618. The Balaban J connectivity index is 2.29. The van der Waals surface area contributed by atoms with E-state index < -0.39 is 5.60 Å². The maximum Gasteiger partial charge on any atom is 0.0936 e. The Morgan fingerprint density at radius 2 is 2.11 bits per heavy atom. The van der Waals surface area contributed by atoms with Gasteiger partial charge in [0.25, 0.3) is 0 Å². The van der Waals surface area contributed by atoms with Crippen LogP contribution in [-0.2, 0) is 5.60 Å². The Hall–Kier alpha value is -0.860. The fraction of sp³-hybridized carbons (Fsp3) is 0.625. The molecule has 0 saturated heterocycles. The maximum atomic E-state index is 11.1. The average molecular weight is 247 g/mol. The Kier molecular flexibility index (Phi) is 4.08. The molecule has 0 spiro atoms. The molecule has 0 amide bonds. The van der Waals surface area contributed by atoms with Crippen LogP contribution in [0.15, 0.2) is 24.3 Å². The summed E-state index contributed by atoms with van der Waals surface area (Å²) in [4.78, 5) is 2.19. The molecule has 1 saturated carbocycles. The molecule has 1 aliphatic rings. The zero-order valence-corrected chi connectivity index (χ0v) is 11.8. The summed E-state index contributed by atoms with van der Waals surface area (Å²) >= 11 is 0. The van der Waals surface area contributed by atoms with Crippen LogP contribution in [0.1, 0.15) is 36.8 Å². The highest BCUT2D eigenvalue weighted by atomic mass is 16.3. The van der Waals surface area contributed by atoms with Gasteiger partial charge in [-0.3, -0.25) is 0 Å². The van der Waals surface area contributed by atoms with E-state index in [2.05, 4.69) is 50.2 Å². The van der Waals surface area contributed by atoms with Gasteiger partial charge in [0.2, 0.25) is 0 Å². The molecule has 1 aliphatic carbocycles. The predicted octanol–water partition coefficient (Wildman–Crippen LogP) is 2.93. The van der Waals surface area contributed by atoms with Gasteiger partial charge < -0.3 is 10.0 Å². The largest absolute Gasteiger partial charge is 0.385 e. The van der Waals surface area contributed by atoms with E-state index in [1.54, 1.807) is 0 Å². The number of aryl methyl sites for hydroxylation is 1. The Labute approximate surface area is 111 Å². The highest BCUT2D eigenvalue weighted by molar-refractivity contribution is 5.28. The standard InChI is InChI=1S/C16H25NO/c1-13-7-6-9-14(11-13)16(18)10-5-4-8-15(16)12-17(2)3/h6-7,9,11,15,18H,4-5,8,10,12H2,1-3H3/t15-,16+/m1/s1. The van der Waals surface area contributed by atoms with Crippen molar-refractivity contribution in [1.29, 1.82) is 0 Å². The molecule has 2 heteroatoms. The molecular formula is C16H25NO. The summed E-state index contributed by atoms with van der Waals surface area (Å²) in [5.74, 6) is 0.350. The van der Waals surface area contributed by atoms with Gasteiger partial charge in [0.1, 0.15) is 0 Å². The van der Waals surface area contributed by atoms with Crippen LogP contribution in [0, 0.1) is 12.8 Å². The van der Waals surface area contributed by atoms with Crippen molar-refractivity contribution >= 4 is 0 Å². The smallest absolute Gasteiger partial charge is 0.0936 e. The fourth-order valence-electron chi connectivity index (χ4n) is 3.21. The van der Waals surface area contributed by atoms with Crippen LogP contribution in [0.2, 0.25) is 0 Å². The Morgan fingerprint density at radius 1 is 1.33 bits per heavy atom. The summed E-state index contributed by atoms with van der Waals surface area (Å²) in [6, 6.07) is 8.38. The summed E-state index contributed by atoms with van der Waals surface area (Å²) in [7, 11) is 4.18. The minimum Gasteiger partial charge on any atom is -0.385 e. The monoisotopic (exact) mass is 247 g/mol. The lowest BCUT2D eigenvalue weighted by atomic mass is 9.71. The molecule has 1 fully saturated rings. The van der Waals surface area contributed by atoms with E-state index in [1.807, 2.05) is 0 Å². The molecule has 0 bridgehead atoms. The second kappa shape index (κ2) is 5.41. The molecule has 2 atom stereocenters. The van der Waals surface area contributed by atoms with E-state index in [-0.39, 0.29) is 0 Å². The molecule has 0 aromatic heterocycles. The van der Waals surface area contributed by atoms with Crippen molar-refractivity contribution in [2.24, 2.45) is 5.92 Å². The minimum absolute atomic E-state index is 0.350. The van der Waals surface area contributed by atoms with E-state index in [0.29, 0.717) is 5.92 Å². The van der Waals surface area contributed by atoms with Crippen LogP contribution in [0.25, 0.3) is 0 Å². The normalized spacial score (nSPS) is 28.6. The zero-order chi connectivity index (χ0) is 13.2. The molecule has 1 aromatic rings. The third-order valence-electron chi connectivity index (χ3n) is 4.14. The van der Waals surface area contributed by atoms with Crippen LogP contribution < -0.4 is 0 Å². The number of nitrogens with zero attached hydrogens (tertiary/aromatic N) is 1. The molecule has 18 heavy (non-hydrogen) atoms. The fourth-order valence-corrected chi connectivity index (χ4v) is 3.21. The minimum atomic E-state index is -0.630. The predicted molar refractivity (Wildman–Crippen MR) is 75.6 cm³/mol. The first-order valence-corrected chi connectivity index (χ1v) is 6.96. The maximum absolute atomic E-state index is 11.1. The third kappa shape index (κ3) is 2.76. The van der Waals surface area contributed by atoms with Gasteiger partial charge >= 0.3 is 0 Å². The molecule has 0 heterocycles. The third-order valence-corrected chi connectivity index (χ3v) is 4.14. The summed E-state index contributed by atoms with van der Waals surface area (Å²) in [6.07, 6.45) is 4.40. The molecule has 2 nitrogen and oxygen atoms in total. The summed E-state index contributed by atoms with van der Waals surface area (Å²) in [5, 5.41) is 11.1. The van der Waals surface area contributed by atoms with E-state index in [9.17, 15) is 5.11 Å². The number of rotatable bonds is 3. The van der Waals surface area contributed by atoms with Crippen molar-refractivity contribution in [3.8, 4) is 0 Å². The molecule has 0 unspecified atom stereocenters. The van der Waals surface area contributed by atoms with Crippen molar-refractivity contribution in [3.63, 3.8) is 0 Å². The van der Waals surface area contributed by atoms with Crippen LogP contribution in [0.3, 0.4) is 0 Å². The van der Waals surface area contributed by atoms with Crippen molar-refractivity contribution < 1.29 is 5.11 Å².